The number of anilines is 2. The zero-order valence-corrected chi connectivity index (χ0v) is 13.3. The van der Waals surface area contributed by atoms with Crippen molar-refractivity contribution < 1.29 is 0 Å². The first-order valence-corrected chi connectivity index (χ1v) is 7.98. The van der Waals surface area contributed by atoms with Crippen molar-refractivity contribution in [3.05, 3.63) is 75.2 Å². The molecule has 0 aliphatic rings. The van der Waals surface area contributed by atoms with Crippen molar-refractivity contribution in [1.82, 2.24) is 4.98 Å². The Hall–Kier alpha value is -1.55. The summed E-state index contributed by atoms with van der Waals surface area (Å²) < 4.78 is 0. The molecule has 21 heavy (non-hydrogen) atoms. The maximum absolute atomic E-state index is 6.18. The highest BCUT2D eigenvalue weighted by Crippen LogP contribution is 2.27. The van der Waals surface area contributed by atoms with E-state index < -0.39 is 0 Å². The summed E-state index contributed by atoms with van der Waals surface area (Å²) in [4.78, 5) is 5.56. The number of rotatable bonds is 4. The lowest BCUT2D eigenvalue weighted by Crippen LogP contribution is -1.87. The Kier molecular flexibility index (Phi) is 4.44. The van der Waals surface area contributed by atoms with Crippen LogP contribution in [0.4, 0.5) is 10.8 Å². The molecule has 0 aliphatic heterocycles. The average molecular weight is 335 g/mol. The van der Waals surface area contributed by atoms with Gasteiger partial charge in [-0.25, -0.2) is 4.98 Å². The van der Waals surface area contributed by atoms with Crippen molar-refractivity contribution in [2.24, 2.45) is 0 Å². The predicted molar refractivity (Wildman–Crippen MR) is 91.1 cm³/mol. The molecule has 0 saturated carbocycles. The van der Waals surface area contributed by atoms with Gasteiger partial charge in [0.2, 0.25) is 0 Å². The second kappa shape index (κ2) is 6.48. The Bertz CT molecular complexity index is 738. The van der Waals surface area contributed by atoms with E-state index in [0.29, 0.717) is 0 Å². The molecule has 0 radical (unpaired) electrons. The van der Waals surface area contributed by atoms with E-state index in [1.165, 1.54) is 4.88 Å². The lowest BCUT2D eigenvalue weighted by atomic mass is 10.1. The molecule has 0 spiro atoms. The number of halogens is 2. The number of nitrogens with zero attached hydrogens (tertiary/aromatic N) is 1. The Balaban J connectivity index is 1.72. The third-order valence-electron chi connectivity index (χ3n) is 2.97. The molecule has 2 nitrogen and oxygen atoms in total. The second-order valence-corrected chi connectivity index (χ2v) is 6.49. The van der Waals surface area contributed by atoms with Crippen LogP contribution in [0.5, 0.6) is 0 Å². The Labute approximate surface area is 137 Å². The number of benzene rings is 2. The van der Waals surface area contributed by atoms with Crippen LogP contribution < -0.4 is 5.32 Å². The molecule has 1 heterocycles. The van der Waals surface area contributed by atoms with Gasteiger partial charge in [0.25, 0.3) is 0 Å². The minimum Gasteiger partial charge on any atom is -0.332 e. The zero-order chi connectivity index (χ0) is 14.7. The summed E-state index contributed by atoms with van der Waals surface area (Å²) in [6, 6.07) is 15.4. The summed E-state index contributed by atoms with van der Waals surface area (Å²) in [6.07, 6.45) is 2.67. The lowest BCUT2D eigenvalue weighted by molar-refractivity contribution is 1.22. The first-order valence-electron chi connectivity index (χ1n) is 6.41. The van der Waals surface area contributed by atoms with Crippen LogP contribution in [-0.2, 0) is 6.42 Å². The van der Waals surface area contributed by atoms with E-state index in [4.69, 9.17) is 23.2 Å². The van der Waals surface area contributed by atoms with Gasteiger partial charge in [0.05, 0.1) is 0 Å². The van der Waals surface area contributed by atoms with Crippen LogP contribution in [0.1, 0.15) is 10.4 Å². The molecule has 0 unspecified atom stereocenters. The standard InChI is InChI=1S/C16H12Cl2N2S/c17-12-5-7-13(8-6-12)20-16-19-10-14(21-16)9-11-3-1-2-4-15(11)18/h1-8,10H,9H2,(H,19,20). The highest BCUT2D eigenvalue weighted by molar-refractivity contribution is 7.15. The van der Waals surface area contributed by atoms with Crippen LogP contribution in [0.25, 0.3) is 0 Å². The molecule has 3 aromatic rings. The van der Waals surface area contributed by atoms with E-state index in [9.17, 15) is 0 Å². The normalized spacial score (nSPS) is 10.6. The van der Waals surface area contributed by atoms with E-state index in [-0.39, 0.29) is 0 Å². The van der Waals surface area contributed by atoms with Crippen LogP contribution in [0.15, 0.2) is 54.7 Å². The van der Waals surface area contributed by atoms with E-state index in [0.717, 1.165) is 32.8 Å². The minimum absolute atomic E-state index is 0.721. The van der Waals surface area contributed by atoms with Crippen LogP contribution in [0.2, 0.25) is 10.0 Å². The van der Waals surface area contributed by atoms with Crippen LogP contribution in [0.3, 0.4) is 0 Å². The molecule has 0 amide bonds. The number of nitrogens with one attached hydrogen (secondary N) is 1. The van der Waals surface area contributed by atoms with E-state index in [2.05, 4.69) is 10.3 Å². The predicted octanol–water partition coefficient (Wildman–Crippen LogP) is 5.78. The molecule has 3 rings (SSSR count). The Morgan fingerprint density at radius 1 is 1.00 bits per heavy atom. The summed E-state index contributed by atoms with van der Waals surface area (Å²) in [5, 5.41) is 5.64. The van der Waals surface area contributed by atoms with Gasteiger partial charge < -0.3 is 5.32 Å². The summed E-state index contributed by atoms with van der Waals surface area (Å²) in [5.74, 6) is 0. The SMILES string of the molecule is Clc1ccc(Nc2ncc(Cc3ccccc3Cl)s2)cc1. The van der Waals surface area contributed by atoms with E-state index >= 15 is 0 Å². The topological polar surface area (TPSA) is 24.9 Å². The highest BCUT2D eigenvalue weighted by Gasteiger charge is 2.06. The van der Waals surface area contributed by atoms with Gasteiger partial charge in [-0.15, -0.1) is 11.3 Å². The monoisotopic (exact) mass is 334 g/mol. The third kappa shape index (κ3) is 3.76. The summed E-state index contributed by atoms with van der Waals surface area (Å²) in [6.45, 7) is 0. The summed E-state index contributed by atoms with van der Waals surface area (Å²) in [5.41, 5.74) is 2.08. The van der Waals surface area contributed by atoms with Crippen molar-refractivity contribution in [3.8, 4) is 0 Å². The van der Waals surface area contributed by atoms with Gasteiger partial charge in [-0.2, -0.15) is 0 Å². The van der Waals surface area contributed by atoms with Gasteiger partial charge in [0.15, 0.2) is 5.13 Å². The number of hydrogen-bond acceptors (Lipinski definition) is 3. The van der Waals surface area contributed by atoms with Crippen molar-refractivity contribution >= 4 is 45.4 Å². The fourth-order valence-corrected chi connectivity index (χ4v) is 3.12. The quantitative estimate of drug-likeness (QED) is 0.653. The van der Waals surface area contributed by atoms with Gasteiger partial charge in [0.1, 0.15) is 0 Å². The maximum Gasteiger partial charge on any atom is 0.187 e. The van der Waals surface area contributed by atoms with Crippen molar-refractivity contribution in [2.45, 2.75) is 6.42 Å². The molecule has 1 aromatic heterocycles. The minimum atomic E-state index is 0.721. The molecule has 2 aromatic carbocycles. The number of hydrogen-bond donors (Lipinski definition) is 1. The van der Waals surface area contributed by atoms with Crippen molar-refractivity contribution in [2.75, 3.05) is 5.32 Å². The molecule has 106 valence electrons. The van der Waals surface area contributed by atoms with Crippen LogP contribution in [-0.4, -0.2) is 4.98 Å². The molecule has 0 fully saturated rings. The zero-order valence-electron chi connectivity index (χ0n) is 11.0. The Morgan fingerprint density at radius 3 is 2.52 bits per heavy atom. The van der Waals surface area contributed by atoms with Gasteiger partial charge in [-0.1, -0.05) is 41.4 Å². The molecule has 0 atom stereocenters. The second-order valence-electron chi connectivity index (χ2n) is 4.53. The van der Waals surface area contributed by atoms with Crippen LogP contribution in [0, 0.1) is 0 Å². The smallest absolute Gasteiger partial charge is 0.187 e. The first-order chi connectivity index (χ1) is 10.2. The Morgan fingerprint density at radius 2 is 1.76 bits per heavy atom. The number of aromatic nitrogens is 1. The molecular weight excluding hydrogens is 323 g/mol. The third-order valence-corrected chi connectivity index (χ3v) is 4.51. The molecule has 0 aliphatic carbocycles. The number of thiazole rings is 1. The summed E-state index contributed by atoms with van der Waals surface area (Å²) in [7, 11) is 0. The van der Waals surface area contributed by atoms with E-state index in [1.807, 2.05) is 54.7 Å². The van der Waals surface area contributed by atoms with Crippen molar-refractivity contribution in [1.29, 1.82) is 0 Å². The molecular formula is C16H12Cl2N2S. The largest absolute Gasteiger partial charge is 0.332 e. The van der Waals surface area contributed by atoms with Gasteiger partial charge in [-0.05, 0) is 35.9 Å². The fraction of sp³-hybridized carbons (Fsp3) is 0.0625. The first kappa shape index (κ1) is 14.4. The lowest BCUT2D eigenvalue weighted by Gasteiger charge is -2.02. The average Bonchev–Trinajstić information content (AvgIpc) is 2.91. The van der Waals surface area contributed by atoms with Crippen LogP contribution >= 0.6 is 34.5 Å². The van der Waals surface area contributed by atoms with Gasteiger partial charge in [0, 0.05) is 33.2 Å². The molecule has 5 heteroatoms. The van der Waals surface area contributed by atoms with E-state index in [1.54, 1.807) is 11.3 Å². The highest BCUT2D eigenvalue weighted by atomic mass is 35.5. The molecule has 0 bridgehead atoms. The van der Waals surface area contributed by atoms with Gasteiger partial charge >= 0.3 is 0 Å². The van der Waals surface area contributed by atoms with Gasteiger partial charge in [-0.3, -0.25) is 0 Å². The summed E-state index contributed by atoms with van der Waals surface area (Å²) >= 11 is 13.7. The fourth-order valence-electron chi connectivity index (χ4n) is 1.93. The molecule has 1 N–H and O–H groups in total. The van der Waals surface area contributed by atoms with Crippen molar-refractivity contribution in [3.63, 3.8) is 0 Å². The molecule has 0 saturated heterocycles. The maximum atomic E-state index is 6.18.